The molecule has 3 N–H and O–H groups in total. The second kappa shape index (κ2) is 8.14. The number of hydrogen-bond donors (Lipinski definition) is 3. The van der Waals surface area contributed by atoms with Gasteiger partial charge in [-0.05, 0) is 42.0 Å². The smallest absolute Gasteiger partial charge is 0.279 e. The summed E-state index contributed by atoms with van der Waals surface area (Å²) in [5, 5.41) is 4.66. The normalized spacial score (nSPS) is 12.2. The molecular formula is C19H23N3O3S. The number of hydrazine groups is 1. The van der Waals surface area contributed by atoms with Crippen LogP contribution in [0.15, 0.2) is 42.5 Å². The van der Waals surface area contributed by atoms with E-state index in [1.54, 1.807) is 27.7 Å². The Labute approximate surface area is 158 Å². The van der Waals surface area contributed by atoms with E-state index in [0.29, 0.717) is 5.75 Å². The van der Waals surface area contributed by atoms with E-state index in [1.807, 2.05) is 42.5 Å². The van der Waals surface area contributed by atoms with Crippen molar-refractivity contribution >= 4 is 39.9 Å². The van der Waals surface area contributed by atoms with Crippen LogP contribution < -0.4 is 20.9 Å². The standard InChI is InChI=1S/C19H23N3O3S/c1-12(16(23)21-22-18(26)20-17(24)19(2,3)4)25-15-10-9-13-7-5-6-8-14(13)11-15/h5-12H,1-4H3,(H,21,23)(H2,20,22,24,26). The average Bonchev–Trinajstić information content (AvgIpc) is 2.58. The summed E-state index contributed by atoms with van der Waals surface area (Å²) in [5.74, 6) is -0.0646. The molecule has 0 saturated carbocycles. The molecule has 0 bridgehead atoms. The maximum Gasteiger partial charge on any atom is 0.279 e. The quantitative estimate of drug-likeness (QED) is 0.569. The molecule has 1 atom stereocenters. The molecule has 0 aliphatic rings. The zero-order valence-corrected chi connectivity index (χ0v) is 16.1. The molecule has 0 aliphatic carbocycles. The van der Waals surface area contributed by atoms with Gasteiger partial charge in [-0.3, -0.25) is 20.4 Å². The number of ether oxygens (including phenoxy) is 1. The van der Waals surface area contributed by atoms with Crippen LogP contribution in [0.4, 0.5) is 0 Å². The molecule has 2 aromatic rings. The average molecular weight is 373 g/mol. The molecule has 1 unspecified atom stereocenters. The summed E-state index contributed by atoms with van der Waals surface area (Å²) in [6, 6.07) is 13.5. The highest BCUT2D eigenvalue weighted by Gasteiger charge is 2.22. The highest BCUT2D eigenvalue weighted by molar-refractivity contribution is 7.80. The zero-order chi connectivity index (χ0) is 19.3. The molecule has 0 fully saturated rings. The molecule has 6 nitrogen and oxygen atoms in total. The lowest BCUT2D eigenvalue weighted by atomic mass is 9.96. The van der Waals surface area contributed by atoms with Gasteiger partial charge in [0.2, 0.25) is 5.91 Å². The summed E-state index contributed by atoms with van der Waals surface area (Å²) in [5.41, 5.74) is 4.35. The Morgan fingerprint density at radius 2 is 1.69 bits per heavy atom. The Hall–Kier alpha value is -2.67. The Morgan fingerprint density at radius 3 is 2.35 bits per heavy atom. The fourth-order valence-corrected chi connectivity index (χ4v) is 2.18. The van der Waals surface area contributed by atoms with Gasteiger partial charge in [0.1, 0.15) is 5.75 Å². The molecule has 2 amide bonds. The SMILES string of the molecule is CC(Oc1ccc2ccccc2c1)C(=O)NNC(=S)NC(=O)C(C)(C)C. The molecule has 0 heterocycles. The van der Waals surface area contributed by atoms with Gasteiger partial charge in [0.25, 0.3) is 5.91 Å². The van der Waals surface area contributed by atoms with Crippen LogP contribution in [-0.4, -0.2) is 23.0 Å². The lowest BCUT2D eigenvalue weighted by Crippen LogP contribution is -2.53. The lowest BCUT2D eigenvalue weighted by molar-refractivity contribution is -0.128. The maximum atomic E-state index is 12.1. The van der Waals surface area contributed by atoms with Crippen LogP contribution in [0.5, 0.6) is 5.75 Å². The minimum atomic E-state index is -0.746. The fourth-order valence-electron chi connectivity index (χ4n) is 2.04. The Bertz CT molecular complexity index is 830. The Kier molecular flexibility index (Phi) is 6.15. The summed E-state index contributed by atoms with van der Waals surface area (Å²) in [7, 11) is 0. The Balaban J connectivity index is 1.86. The van der Waals surface area contributed by atoms with Crippen molar-refractivity contribution in [3.8, 4) is 5.75 Å². The van der Waals surface area contributed by atoms with Gasteiger partial charge in [-0.25, -0.2) is 0 Å². The van der Waals surface area contributed by atoms with Crippen molar-refractivity contribution in [1.82, 2.24) is 16.2 Å². The largest absolute Gasteiger partial charge is 0.481 e. The molecule has 138 valence electrons. The van der Waals surface area contributed by atoms with E-state index < -0.39 is 17.4 Å². The minimum absolute atomic E-state index is 0.0242. The first-order valence-corrected chi connectivity index (χ1v) is 8.64. The predicted molar refractivity (Wildman–Crippen MR) is 106 cm³/mol. The van der Waals surface area contributed by atoms with E-state index in [9.17, 15) is 9.59 Å². The van der Waals surface area contributed by atoms with E-state index in [2.05, 4.69) is 16.2 Å². The number of carbonyl (C=O) groups is 2. The zero-order valence-electron chi connectivity index (χ0n) is 15.3. The number of rotatable bonds is 3. The van der Waals surface area contributed by atoms with Crippen LogP contribution in [0, 0.1) is 5.41 Å². The van der Waals surface area contributed by atoms with Gasteiger partial charge >= 0.3 is 0 Å². The molecule has 2 rings (SSSR count). The van der Waals surface area contributed by atoms with E-state index in [4.69, 9.17) is 17.0 Å². The number of amides is 2. The van der Waals surface area contributed by atoms with Gasteiger partial charge in [0.15, 0.2) is 11.2 Å². The van der Waals surface area contributed by atoms with Gasteiger partial charge < -0.3 is 10.1 Å². The topological polar surface area (TPSA) is 79.5 Å². The number of thiocarbonyl (C=S) groups is 1. The first kappa shape index (κ1) is 19.7. The van der Waals surface area contributed by atoms with Gasteiger partial charge in [0, 0.05) is 5.41 Å². The van der Waals surface area contributed by atoms with Crippen molar-refractivity contribution in [1.29, 1.82) is 0 Å². The van der Waals surface area contributed by atoms with Crippen molar-refractivity contribution < 1.29 is 14.3 Å². The number of nitrogens with one attached hydrogen (secondary N) is 3. The second-order valence-corrected chi connectivity index (χ2v) is 7.32. The monoisotopic (exact) mass is 373 g/mol. The summed E-state index contributed by atoms with van der Waals surface area (Å²) in [6.45, 7) is 6.93. The van der Waals surface area contributed by atoms with Gasteiger partial charge in [0.05, 0.1) is 0 Å². The molecule has 0 aliphatic heterocycles. The van der Waals surface area contributed by atoms with Crippen LogP contribution in [0.25, 0.3) is 10.8 Å². The summed E-state index contributed by atoms with van der Waals surface area (Å²) in [6.07, 6.45) is -0.746. The molecule has 2 aromatic carbocycles. The minimum Gasteiger partial charge on any atom is -0.481 e. The third-order valence-electron chi connectivity index (χ3n) is 3.61. The van der Waals surface area contributed by atoms with Crippen molar-refractivity contribution in [3.63, 3.8) is 0 Å². The number of fused-ring (bicyclic) bond motifs is 1. The third-order valence-corrected chi connectivity index (χ3v) is 3.81. The van der Waals surface area contributed by atoms with Gasteiger partial charge in [-0.1, -0.05) is 51.1 Å². The third kappa shape index (κ3) is 5.42. The number of benzene rings is 2. The van der Waals surface area contributed by atoms with E-state index >= 15 is 0 Å². The van der Waals surface area contributed by atoms with Crippen molar-refractivity contribution in [2.24, 2.45) is 5.41 Å². The number of carbonyl (C=O) groups excluding carboxylic acids is 2. The molecule has 26 heavy (non-hydrogen) atoms. The summed E-state index contributed by atoms with van der Waals surface area (Å²) >= 11 is 4.99. The molecular weight excluding hydrogens is 350 g/mol. The molecule has 0 aromatic heterocycles. The van der Waals surface area contributed by atoms with E-state index in [-0.39, 0.29) is 11.0 Å². The highest BCUT2D eigenvalue weighted by Crippen LogP contribution is 2.21. The fraction of sp³-hybridized carbons (Fsp3) is 0.316. The first-order chi connectivity index (χ1) is 12.2. The van der Waals surface area contributed by atoms with Crippen molar-refractivity contribution in [2.75, 3.05) is 0 Å². The predicted octanol–water partition coefficient (Wildman–Crippen LogP) is 2.68. The van der Waals surface area contributed by atoms with Gasteiger partial charge in [-0.15, -0.1) is 0 Å². The number of hydrogen-bond acceptors (Lipinski definition) is 4. The summed E-state index contributed by atoms with van der Waals surface area (Å²) < 4.78 is 5.67. The van der Waals surface area contributed by atoms with Gasteiger partial charge in [-0.2, -0.15) is 0 Å². The van der Waals surface area contributed by atoms with Crippen LogP contribution in [0.3, 0.4) is 0 Å². The molecule has 0 saturated heterocycles. The molecule has 0 radical (unpaired) electrons. The molecule has 0 spiro atoms. The highest BCUT2D eigenvalue weighted by atomic mass is 32.1. The maximum absolute atomic E-state index is 12.1. The molecule has 7 heteroatoms. The lowest BCUT2D eigenvalue weighted by Gasteiger charge is -2.20. The van der Waals surface area contributed by atoms with Crippen LogP contribution >= 0.6 is 12.2 Å². The van der Waals surface area contributed by atoms with E-state index in [1.165, 1.54) is 0 Å². The van der Waals surface area contributed by atoms with Crippen molar-refractivity contribution in [2.45, 2.75) is 33.8 Å². The first-order valence-electron chi connectivity index (χ1n) is 8.23. The second-order valence-electron chi connectivity index (χ2n) is 6.92. The Morgan fingerprint density at radius 1 is 1.04 bits per heavy atom. The van der Waals surface area contributed by atoms with Crippen LogP contribution in [-0.2, 0) is 9.59 Å². The van der Waals surface area contributed by atoms with Crippen molar-refractivity contribution in [3.05, 3.63) is 42.5 Å². The summed E-state index contributed by atoms with van der Waals surface area (Å²) in [4.78, 5) is 24.0. The van der Waals surface area contributed by atoms with Crippen LogP contribution in [0.1, 0.15) is 27.7 Å². The van der Waals surface area contributed by atoms with Crippen LogP contribution in [0.2, 0.25) is 0 Å². The van der Waals surface area contributed by atoms with E-state index in [0.717, 1.165) is 10.8 Å².